The Hall–Kier alpha value is -0.160. The van der Waals surface area contributed by atoms with Gasteiger partial charge in [0.1, 0.15) is 0 Å². The van der Waals surface area contributed by atoms with Crippen LogP contribution in [0.3, 0.4) is 0 Å². The summed E-state index contributed by atoms with van der Waals surface area (Å²) in [7, 11) is 2.20. The molecule has 18 heavy (non-hydrogen) atoms. The van der Waals surface area contributed by atoms with Crippen LogP contribution in [0.25, 0.3) is 0 Å². The molecule has 1 aliphatic rings. The van der Waals surface area contributed by atoms with E-state index in [-0.39, 0.29) is 6.29 Å². The van der Waals surface area contributed by atoms with Crippen molar-refractivity contribution >= 4 is 0 Å². The van der Waals surface area contributed by atoms with E-state index >= 15 is 0 Å². The Labute approximate surface area is 112 Å². The fourth-order valence-electron chi connectivity index (χ4n) is 2.52. The molecular formula is C14H30N2O2. The third-order valence-electron chi connectivity index (χ3n) is 3.78. The van der Waals surface area contributed by atoms with Crippen LogP contribution in [0.4, 0.5) is 0 Å². The van der Waals surface area contributed by atoms with Crippen LogP contribution in [0.1, 0.15) is 33.6 Å². The normalized spacial score (nSPS) is 20.5. The molecule has 0 aliphatic carbocycles. The lowest BCUT2D eigenvalue weighted by Gasteiger charge is -2.33. The maximum absolute atomic E-state index is 5.54. The van der Waals surface area contributed by atoms with Crippen LogP contribution in [0, 0.1) is 5.92 Å². The van der Waals surface area contributed by atoms with Crippen molar-refractivity contribution < 1.29 is 9.47 Å². The van der Waals surface area contributed by atoms with Gasteiger partial charge < -0.3 is 19.7 Å². The molecule has 1 aliphatic heterocycles. The Morgan fingerprint density at radius 3 is 2.22 bits per heavy atom. The Kier molecular flexibility index (Phi) is 7.82. The summed E-state index contributed by atoms with van der Waals surface area (Å²) >= 11 is 0. The highest BCUT2D eigenvalue weighted by atomic mass is 16.7. The van der Waals surface area contributed by atoms with E-state index in [2.05, 4.69) is 24.2 Å². The maximum Gasteiger partial charge on any atom is 0.169 e. The van der Waals surface area contributed by atoms with E-state index in [4.69, 9.17) is 9.47 Å². The molecule has 4 nitrogen and oxygen atoms in total. The number of piperidine rings is 1. The third-order valence-corrected chi connectivity index (χ3v) is 3.78. The summed E-state index contributed by atoms with van der Waals surface area (Å²) in [4.78, 5) is 2.41. The van der Waals surface area contributed by atoms with Crippen LogP contribution in [-0.2, 0) is 9.47 Å². The first-order valence-electron chi connectivity index (χ1n) is 7.32. The molecule has 1 atom stereocenters. The van der Waals surface area contributed by atoms with Crippen LogP contribution in [0.5, 0.6) is 0 Å². The minimum atomic E-state index is -0.103. The van der Waals surface area contributed by atoms with Gasteiger partial charge in [0, 0.05) is 25.8 Å². The zero-order valence-corrected chi connectivity index (χ0v) is 12.4. The van der Waals surface area contributed by atoms with E-state index in [1.807, 2.05) is 13.8 Å². The van der Waals surface area contributed by atoms with Crippen molar-refractivity contribution in [1.82, 2.24) is 10.2 Å². The predicted octanol–water partition coefficient (Wildman–Crippen LogP) is 1.71. The molecule has 0 amide bonds. The van der Waals surface area contributed by atoms with E-state index in [9.17, 15) is 0 Å². The van der Waals surface area contributed by atoms with Gasteiger partial charge in [-0.2, -0.15) is 0 Å². The molecule has 0 radical (unpaired) electrons. The SMILES string of the molecule is CCOC(CNC(C)C1CCN(C)CC1)OCC. The molecule has 0 aromatic heterocycles. The number of nitrogens with one attached hydrogen (secondary N) is 1. The van der Waals surface area contributed by atoms with Crippen molar-refractivity contribution in [3.8, 4) is 0 Å². The second kappa shape index (κ2) is 8.86. The first-order valence-corrected chi connectivity index (χ1v) is 7.32. The van der Waals surface area contributed by atoms with Crippen LogP contribution in [-0.4, -0.2) is 57.1 Å². The van der Waals surface area contributed by atoms with E-state index in [0.29, 0.717) is 19.3 Å². The van der Waals surface area contributed by atoms with Crippen molar-refractivity contribution in [2.45, 2.75) is 45.9 Å². The first kappa shape index (κ1) is 15.9. The second-order valence-electron chi connectivity index (χ2n) is 5.18. The molecule has 1 saturated heterocycles. The summed E-state index contributed by atoms with van der Waals surface area (Å²) in [5.41, 5.74) is 0. The zero-order valence-electron chi connectivity index (χ0n) is 12.4. The van der Waals surface area contributed by atoms with Crippen molar-refractivity contribution in [2.24, 2.45) is 5.92 Å². The molecule has 1 heterocycles. The van der Waals surface area contributed by atoms with Gasteiger partial charge in [-0.3, -0.25) is 0 Å². The second-order valence-corrected chi connectivity index (χ2v) is 5.18. The third kappa shape index (κ3) is 5.65. The van der Waals surface area contributed by atoms with Crippen LogP contribution >= 0.6 is 0 Å². The van der Waals surface area contributed by atoms with Crippen molar-refractivity contribution in [1.29, 1.82) is 0 Å². The van der Waals surface area contributed by atoms with E-state index in [1.165, 1.54) is 25.9 Å². The Morgan fingerprint density at radius 2 is 1.72 bits per heavy atom. The standard InChI is InChI=1S/C14H30N2O2/c1-5-17-14(18-6-2)11-15-12(3)13-7-9-16(4)10-8-13/h12-15H,5-11H2,1-4H3. The molecule has 1 unspecified atom stereocenters. The summed E-state index contributed by atoms with van der Waals surface area (Å²) < 4.78 is 11.1. The average molecular weight is 258 g/mol. The topological polar surface area (TPSA) is 33.7 Å². The first-order chi connectivity index (χ1) is 8.67. The van der Waals surface area contributed by atoms with Crippen molar-refractivity contribution in [3.05, 3.63) is 0 Å². The van der Waals surface area contributed by atoms with Crippen LogP contribution < -0.4 is 5.32 Å². The molecule has 1 rings (SSSR count). The number of ether oxygens (including phenoxy) is 2. The van der Waals surface area contributed by atoms with Gasteiger partial charge in [-0.05, 0) is 59.7 Å². The quantitative estimate of drug-likeness (QED) is 0.672. The van der Waals surface area contributed by atoms with Gasteiger partial charge >= 0.3 is 0 Å². The van der Waals surface area contributed by atoms with Gasteiger partial charge in [-0.25, -0.2) is 0 Å². The minimum absolute atomic E-state index is 0.103. The summed E-state index contributed by atoms with van der Waals surface area (Å²) in [5, 5.41) is 3.57. The zero-order chi connectivity index (χ0) is 13.4. The van der Waals surface area contributed by atoms with Crippen molar-refractivity contribution in [3.63, 3.8) is 0 Å². The van der Waals surface area contributed by atoms with Crippen molar-refractivity contribution in [2.75, 3.05) is 39.9 Å². The predicted molar refractivity (Wildman–Crippen MR) is 74.7 cm³/mol. The lowest BCUT2D eigenvalue weighted by atomic mass is 9.90. The Morgan fingerprint density at radius 1 is 1.17 bits per heavy atom. The summed E-state index contributed by atoms with van der Waals surface area (Å²) in [6, 6.07) is 0.544. The molecule has 4 heteroatoms. The highest BCUT2D eigenvalue weighted by molar-refractivity contribution is 4.78. The van der Waals surface area contributed by atoms with Crippen LogP contribution in [0.15, 0.2) is 0 Å². The molecule has 0 aromatic rings. The van der Waals surface area contributed by atoms with Gasteiger partial charge in [0.2, 0.25) is 0 Å². The van der Waals surface area contributed by atoms with Crippen LogP contribution in [0.2, 0.25) is 0 Å². The summed E-state index contributed by atoms with van der Waals surface area (Å²) in [6.07, 6.45) is 2.48. The number of likely N-dealkylation sites (tertiary alicyclic amines) is 1. The molecular weight excluding hydrogens is 228 g/mol. The number of hydrogen-bond donors (Lipinski definition) is 1. The van der Waals surface area contributed by atoms with Gasteiger partial charge in [0.25, 0.3) is 0 Å². The van der Waals surface area contributed by atoms with E-state index < -0.39 is 0 Å². The summed E-state index contributed by atoms with van der Waals surface area (Å²) in [5.74, 6) is 0.783. The Balaban J connectivity index is 2.23. The molecule has 108 valence electrons. The fraction of sp³-hybridized carbons (Fsp3) is 1.00. The molecule has 0 spiro atoms. The number of nitrogens with zero attached hydrogens (tertiary/aromatic N) is 1. The number of hydrogen-bond acceptors (Lipinski definition) is 4. The average Bonchev–Trinajstić information content (AvgIpc) is 2.37. The molecule has 0 aromatic carbocycles. The van der Waals surface area contributed by atoms with Gasteiger partial charge in [-0.15, -0.1) is 0 Å². The molecule has 1 fully saturated rings. The van der Waals surface area contributed by atoms with Gasteiger partial charge in [0.15, 0.2) is 6.29 Å². The van der Waals surface area contributed by atoms with E-state index in [0.717, 1.165) is 12.5 Å². The lowest BCUT2D eigenvalue weighted by Crippen LogP contribution is -2.44. The number of rotatable bonds is 8. The fourth-order valence-corrected chi connectivity index (χ4v) is 2.52. The maximum atomic E-state index is 5.54. The largest absolute Gasteiger partial charge is 0.352 e. The molecule has 0 saturated carbocycles. The van der Waals surface area contributed by atoms with Gasteiger partial charge in [-0.1, -0.05) is 0 Å². The lowest BCUT2D eigenvalue weighted by molar-refractivity contribution is -0.134. The summed E-state index contributed by atoms with van der Waals surface area (Å²) in [6.45, 7) is 10.9. The molecule has 1 N–H and O–H groups in total. The highest BCUT2D eigenvalue weighted by Gasteiger charge is 2.22. The Bertz CT molecular complexity index is 200. The van der Waals surface area contributed by atoms with Gasteiger partial charge in [0.05, 0.1) is 0 Å². The highest BCUT2D eigenvalue weighted by Crippen LogP contribution is 2.19. The molecule has 0 bridgehead atoms. The minimum Gasteiger partial charge on any atom is -0.352 e. The monoisotopic (exact) mass is 258 g/mol. The van der Waals surface area contributed by atoms with E-state index in [1.54, 1.807) is 0 Å². The smallest absolute Gasteiger partial charge is 0.169 e.